The number of nitrogens with two attached hydrogens (primary N) is 1. The van der Waals surface area contributed by atoms with Crippen LogP contribution >= 0.6 is 12.2 Å². The Bertz CT molecular complexity index is 361. The van der Waals surface area contributed by atoms with E-state index in [1.807, 2.05) is 6.07 Å². The van der Waals surface area contributed by atoms with Crippen molar-refractivity contribution in [1.29, 1.82) is 0 Å². The van der Waals surface area contributed by atoms with Gasteiger partial charge in [0.15, 0.2) is 0 Å². The van der Waals surface area contributed by atoms with Gasteiger partial charge in [-0.25, -0.2) is 9.97 Å². The molecule has 0 unspecified atom stereocenters. The minimum Gasteiger partial charge on any atom is -0.392 e. The zero-order valence-electron chi connectivity index (χ0n) is 9.75. The van der Waals surface area contributed by atoms with Crippen LogP contribution in [0, 0.1) is 0 Å². The summed E-state index contributed by atoms with van der Waals surface area (Å²) in [6, 6.07) is 1.84. The summed E-state index contributed by atoms with van der Waals surface area (Å²) in [5.74, 6) is 0.885. The van der Waals surface area contributed by atoms with Crippen LogP contribution in [0.3, 0.4) is 0 Å². The zero-order chi connectivity index (χ0) is 12.1. The fraction of sp³-hybridized carbons (Fsp3) is 0.545. The zero-order valence-corrected chi connectivity index (χ0v) is 10.6. The van der Waals surface area contributed by atoms with Gasteiger partial charge in [0, 0.05) is 45.1 Å². The normalized spacial score (nSPS) is 18.1. The van der Waals surface area contributed by atoms with Crippen molar-refractivity contribution in [2.24, 2.45) is 5.73 Å². The fourth-order valence-corrected chi connectivity index (χ4v) is 2.12. The second-order valence-electron chi connectivity index (χ2n) is 4.18. The first-order chi connectivity index (χ1) is 8.24. The maximum Gasteiger partial charge on any atom is 0.142 e. The molecule has 2 N–H and O–H groups in total. The van der Waals surface area contributed by atoms with Crippen molar-refractivity contribution in [2.75, 3.05) is 32.7 Å². The molecule has 2 rings (SSSR count). The Balaban J connectivity index is 1.78. The quantitative estimate of drug-likeness (QED) is 0.753. The largest absolute Gasteiger partial charge is 0.392 e. The average Bonchev–Trinajstić information content (AvgIpc) is 2.32. The van der Waals surface area contributed by atoms with Crippen molar-refractivity contribution >= 4 is 17.2 Å². The third-order valence-corrected chi connectivity index (χ3v) is 2.96. The molecule has 0 spiro atoms. The molecule has 5 nitrogen and oxygen atoms in total. The van der Waals surface area contributed by atoms with Crippen molar-refractivity contribution < 1.29 is 0 Å². The average molecular weight is 251 g/mol. The second-order valence-corrected chi connectivity index (χ2v) is 4.71. The number of thiocarbonyl (C=S) groups is 1. The number of hydrogen-bond donors (Lipinski definition) is 1. The van der Waals surface area contributed by atoms with Crippen molar-refractivity contribution in [3.63, 3.8) is 0 Å². The number of aromatic nitrogens is 2. The maximum atomic E-state index is 5.54. The van der Waals surface area contributed by atoms with E-state index in [-0.39, 0.29) is 0 Å². The fourth-order valence-electron chi connectivity index (χ4n) is 1.94. The number of piperazine rings is 1. The molecule has 0 saturated carbocycles. The molecule has 1 fully saturated rings. The Morgan fingerprint density at radius 1 is 1.18 bits per heavy atom. The number of nitrogens with zero attached hydrogens (tertiary/aromatic N) is 4. The molecule has 0 bridgehead atoms. The predicted molar refractivity (Wildman–Crippen MR) is 70.5 cm³/mol. The van der Waals surface area contributed by atoms with Gasteiger partial charge in [0.1, 0.15) is 5.82 Å². The second kappa shape index (κ2) is 6.00. The first-order valence-electron chi connectivity index (χ1n) is 5.73. The highest BCUT2D eigenvalue weighted by Gasteiger charge is 2.17. The van der Waals surface area contributed by atoms with Gasteiger partial charge in [0.25, 0.3) is 0 Å². The van der Waals surface area contributed by atoms with Gasteiger partial charge in [0.2, 0.25) is 0 Å². The molecule has 1 aliphatic heterocycles. The molecule has 2 heterocycles. The molecule has 1 aromatic heterocycles. The summed E-state index contributed by atoms with van der Waals surface area (Å²) in [6.45, 7) is 5.59. The lowest BCUT2D eigenvalue weighted by Crippen LogP contribution is -2.48. The Kier molecular flexibility index (Phi) is 4.36. The molecule has 0 amide bonds. The van der Waals surface area contributed by atoms with Gasteiger partial charge in [0.05, 0.1) is 11.5 Å². The Labute approximate surface area is 107 Å². The monoisotopic (exact) mass is 251 g/mol. The summed E-state index contributed by atoms with van der Waals surface area (Å²) in [6.07, 6.45) is 3.57. The smallest absolute Gasteiger partial charge is 0.142 e. The lowest BCUT2D eigenvalue weighted by molar-refractivity contribution is 0.137. The van der Waals surface area contributed by atoms with Crippen LogP contribution in [0.25, 0.3) is 0 Å². The van der Waals surface area contributed by atoms with Crippen molar-refractivity contribution in [3.05, 3.63) is 24.3 Å². The molecule has 1 aliphatic rings. The Morgan fingerprint density at radius 3 is 2.35 bits per heavy atom. The highest BCUT2D eigenvalue weighted by molar-refractivity contribution is 7.80. The van der Waals surface area contributed by atoms with Gasteiger partial charge in [-0.1, -0.05) is 12.2 Å². The summed E-state index contributed by atoms with van der Waals surface area (Å²) < 4.78 is 0. The summed E-state index contributed by atoms with van der Waals surface area (Å²) >= 11 is 4.91. The molecule has 1 aromatic rings. The molecule has 1 saturated heterocycles. The van der Waals surface area contributed by atoms with Gasteiger partial charge < -0.3 is 5.73 Å². The van der Waals surface area contributed by atoms with E-state index >= 15 is 0 Å². The van der Waals surface area contributed by atoms with E-state index in [9.17, 15) is 0 Å². The lowest BCUT2D eigenvalue weighted by atomic mass is 10.3. The van der Waals surface area contributed by atoms with Crippen molar-refractivity contribution in [1.82, 2.24) is 19.8 Å². The van der Waals surface area contributed by atoms with Crippen LogP contribution in [-0.4, -0.2) is 57.5 Å². The highest BCUT2D eigenvalue weighted by atomic mass is 32.1. The molecule has 6 heteroatoms. The molecule has 92 valence electrons. The van der Waals surface area contributed by atoms with E-state index < -0.39 is 0 Å². The molecule has 0 aromatic carbocycles. The van der Waals surface area contributed by atoms with E-state index in [1.165, 1.54) is 0 Å². The minimum absolute atomic E-state index is 0.574. The van der Waals surface area contributed by atoms with Crippen LogP contribution in [0.5, 0.6) is 0 Å². The summed E-state index contributed by atoms with van der Waals surface area (Å²) in [5, 5.41) is 0. The Morgan fingerprint density at radius 2 is 1.76 bits per heavy atom. The minimum atomic E-state index is 0.574. The first-order valence-corrected chi connectivity index (χ1v) is 6.14. The van der Waals surface area contributed by atoms with E-state index in [4.69, 9.17) is 18.0 Å². The van der Waals surface area contributed by atoms with Crippen LogP contribution in [0.15, 0.2) is 18.5 Å². The summed E-state index contributed by atoms with van der Waals surface area (Å²) in [4.78, 5) is 13.7. The number of rotatable bonds is 4. The van der Waals surface area contributed by atoms with Crippen molar-refractivity contribution in [2.45, 2.75) is 6.54 Å². The lowest BCUT2D eigenvalue weighted by Gasteiger charge is -2.33. The topological polar surface area (TPSA) is 58.3 Å². The van der Waals surface area contributed by atoms with Gasteiger partial charge >= 0.3 is 0 Å². The summed E-state index contributed by atoms with van der Waals surface area (Å²) in [5.41, 5.74) is 5.54. The van der Waals surface area contributed by atoms with E-state index in [1.54, 1.807) is 12.4 Å². The van der Waals surface area contributed by atoms with Crippen LogP contribution in [0.2, 0.25) is 0 Å². The van der Waals surface area contributed by atoms with Gasteiger partial charge in [-0.15, -0.1) is 0 Å². The van der Waals surface area contributed by atoms with Gasteiger partial charge in [-0.2, -0.15) is 0 Å². The van der Waals surface area contributed by atoms with Crippen LogP contribution in [0.1, 0.15) is 5.82 Å². The predicted octanol–water partition coefficient (Wildman–Crippen LogP) is -0.120. The van der Waals surface area contributed by atoms with E-state index in [0.29, 0.717) is 4.99 Å². The summed E-state index contributed by atoms with van der Waals surface area (Å²) in [7, 11) is 0. The van der Waals surface area contributed by atoms with Gasteiger partial charge in [-0.3, -0.25) is 9.80 Å². The molecular formula is C11H17N5S. The highest BCUT2D eigenvalue weighted by Crippen LogP contribution is 2.04. The molecule has 0 atom stereocenters. The van der Waals surface area contributed by atoms with Gasteiger partial charge in [-0.05, 0) is 6.07 Å². The standard InChI is InChI=1S/C11H17N5S/c12-10(17)8-15-4-6-16(7-5-15)9-11-13-2-1-3-14-11/h1-3H,4-9H2,(H2,12,17). The molecular weight excluding hydrogens is 234 g/mol. The molecule has 0 aliphatic carbocycles. The van der Waals surface area contributed by atoms with Crippen LogP contribution in [-0.2, 0) is 6.54 Å². The van der Waals surface area contributed by atoms with E-state index in [2.05, 4.69) is 19.8 Å². The first kappa shape index (κ1) is 12.3. The Hall–Kier alpha value is -1.11. The molecule has 0 radical (unpaired) electrons. The third-order valence-electron chi connectivity index (χ3n) is 2.83. The van der Waals surface area contributed by atoms with Crippen LogP contribution < -0.4 is 5.73 Å². The van der Waals surface area contributed by atoms with Crippen LogP contribution in [0.4, 0.5) is 0 Å². The van der Waals surface area contributed by atoms with Crippen molar-refractivity contribution in [3.8, 4) is 0 Å². The molecule has 17 heavy (non-hydrogen) atoms. The van der Waals surface area contributed by atoms with E-state index in [0.717, 1.165) is 45.1 Å². The SMILES string of the molecule is NC(=S)CN1CCN(Cc2ncccn2)CC1. The maximum absolute atomic E-state index is 5.54. The third kappa shape index (κ3) is 3.99. The number of hydrogen-bond acceptors (Lipinski definition) is 5.